The maximum atomic E-state index is 13.7. The maximum Gasteiger partial charge on any atom is 0.191 e. The van der Waals surface area contributed by atoms with Gasteiger partial charge in [-0.2, -0.15) is 0 Å². The van der Waals surface area contributed by atoms with Crippen molar-refractivity contribution in [2.24, 2.45) is 4.99 Å². The molecule has 0 aliphatic heterocycles. The van der Waals surface area contributed by atoms with Gasteiger partial charge in [-0.25, -0.2) is 8.78 Å². The summed E-state index contributed by atoms with van der Waals surface area (Å²) < 4.78 is 26.8. The summed E-state index contributed by atoms with van der Waals surface area (Å²) in [5, 5.41) is 16.3. The van der Waals surface area contributed by atoms with Crippen LogP contribution in [-0.2, 0) is 6.42 Å². The number of hydrogen-bond acceptors (Lipinski definition) is 2. The average molecular weight is 347 g/mol. The Hall–Kier alpha value is -2.47. The normalized spacial score (nSPS) is 12.7. The monoisotopic (exact) mass is 347 g/mol. The van der Waals surface area contributed by atoms with Gasteiger partial charge in [0.2, 0.25) is 0 Å². The molecule has 0 saturated heterocycles. The van der Waals surface area contributed by atoms with Gasteiger partial charge in [0.15, 0.2) is 5.96 Å². The van der Waals surface area contributed by atoms with Crippen LogP contribution in [0.15, 0.2) is 53.5 Å². The van der Waals surface area contributed by atoms with Crippen molar-refractivity contribution in [2.45, 2.75) is 19.4 Å². The van der Waals surface area contributed by atoms with Crippen molar-refractivity contribution in [3.63, 3.8) is 0 Å². The van der Waals surface area contributed by atoms with Gasteiger partial charge in [-0.05, 0) is 37.1 Å². The van der Waals surface area contributed by atoms with Crippen molar-refractivity contribution < 1.29 is 13.9 Å². The van der Waals surface area contributed by atoms with Gasteiger partial charge in [0.1, 0.15) is 17.7 Å². The lowest BCUT2D eigenvalue weighted by Gasteiger charge is -2.14. The third-order valence-electron chi connectivity index (χ3n) is 3.63. The number of nitrogens with one attached hydrogen (secondary N) is 2. The number of benzene rings is 2. The summed E-state index contributed by atoms with van der Waals surface area (Å²) >= 11 is 0. The van der Waals surface area contributed by atoms with Gasteiger partial charge in [-0.1, -0.05) is 30.3 Å². The van der Waals surface area contributed by atoms with E-state index in [9.17, 15) is 13.9 Å². The van der Waals surface area contributed by atoms with Crippen LogP contribution in [0.2, 0.25) is 0 Å². The van der Waals surface area contributed by atoms with Crippen LogP contribution in [0.1, 0.15) is 24.2 Å². The van der Waals surface area contributed by atoms with E-state index in [1.54, 1.807) is 24.3 Å². The van der Waals surface area contributed by atoms with Gasteiger partial charge in [0.25, 0.3) is 0 Å². The second-order valence-electron chi connectivity index (χ2n) is 5.56. The molecule has 4 nitrogen and oxygen atoms in total. The van der Waals surface area contributed by atoms with Crippen LogP contribution in [0.5, 0.6) is 0 Å². The Labute approximate surface area is 146 Å². The van der Waals surface area contributed by atoms with Gasteiger partial charge in [-0.15, -0.1) is 0 Å². The molecule has 134 valence electrons. The van der Waals surface area contributed by atoms with Crippen molar-refractivity contribution >= 4 is 5.96 Å². The first kappa shape index (κ1) is 18.9. The molecule has 0 spiro atoms. The van der Waals surface area contributed by atoms with Crippen LogP contribution >= 0.6 is 0 Å². The van der Waals surface area contributed by atoms with E-state index in [0.29, 0.717) is 25.5 Å². The number of aliphatic hydroxyl groups excluding tert-OH is 1. The number of hydrogen-bond donors (Lipinski definition) is 3. The zero-order chi connectivity index (χ0) is 18.1. The maximum absolute atomic E-state index is 13.7. The van der Waals surface area contributed by atoms with Crippen LogP contribution in [0, 0.1) is 11.6 Å². The van der Waals surface area contributed by atoms with Gasteiger partial charge in [0.05, 0.1) is 6.54 Å². The molecule has 0 amide bonds. The number of nitrogens with zero attached hydrogens (tertiary/aromatic N) is 1. The Bertz CT molecular complexity index is 707. The predicted octanol–water partition coefficient (Wildman–Crippen LogP) is 2.80. The topological polar surface area (TPSA) is 56.7 Å². The molecule has 1 atom stereocenters. The fraction of sp³-hybridized carbons (Fsp3) is 0.316. The Morgan fingerprint density at radius 3 is 2.64 bits per heavy atom. The first-order valence-corrected chi connectivity index (χ1v) is 8.29. The third-order valence-corrected chi connectivity index (χ3v) is 3.63. The molecule has 0 bridgehead atoms. The van der Waals surface area contributed by atoms with Crippen LogP contribution in [0.4, 0.5) is 8.78 Å². The average Bonchev–Trinajstić information content (AvgIpc) is 2.60. The molecular weight excluding hydrogens is 324 g/mol. The summed E-state index contributed by atoms with van der Waals surface area (Å²) in [7, 11) is 0. The molecule has 0 fully saturated rings. The number of aliphatic hydroxyl groups is 1. The lowest BCUT2D eigenvalue weighted by molar-refractivity contribution is 0.182. The standard InChI is InChI=1S/C19H23F2N3O/c1-2-22-19(23-11-10-14-6-5-7-15(20)12-14)24-13-18(25)16-8-3-4-9-17(16)21/h3-9,12,18,25H,2,10-11,13H2,1H3,(H2,22,23,24). The van der Waals surface area contributed by atoms with Gasteiger partial charge in [0, 0.05) is 18.7 Å². The largest absolute Gasteiger partial charge is 0.386 e. The van der Waals surface area contributed by atoms with Gasteiger partial charge < -0.3 is 15.7 Å². The van der Waals surface area contributed by atoms with E-state index in [0.717, 1.165) is 5.56 Å². The van der Waals surface area contributed by atoms with Crippen LogP contribution in [0.3, 0.4) is 0 Å². The van der Waals surface area contributed by atoms with E-state index in [-0.39, 0.29) is 17.9 Å². The van der Waals surface area contributed by atoms with E-state index < -0.39 is 11.9 Å². The summed E-state index contributed by atoms with van der Waals surface area (Å²) in [5.74, 6) is -0.186. The Morgan fingerprint density at radius 2 is 1.92 bits per heavy atom. The summed E-state index contributed by atoms with van der Waals surface area (Å²) in [6.07, 6.45) is -0.377. The fourth-order valence-electron chi connectivity index (χ4n) is 2.38. The minimum absolute atomic E-state index is 0.0379. The highest BCUT2D eigenvalue weighted by Crippen LogP contribution is 2.16. The van der Waals surface area contributed by atoms with E-state index in [2.05, 4.69) is 15.6 Å². The van der Waals surface area contributed by atoms with Crippen LogP contribution in [-0.4, -0.2) is 30.7 Å². The van der Waals surface area contributed by atoms with E-state index in [1.165, 1.54) is 18.2 Å². The number of aliphatic imine (C=N–C) groups is 1. The minimum atomic E-state index is -1.01. The van der Waals surface area contributed by atoms with Crippen molar-refractivity contribution in [3.8, 4) is 0 Å². The van der Waals surface area contributed by atoms with Crippen LogP contribution in [0.25, 0.3) is 0 Å². The van der Waals surface area contributed by atoms with Gasteiger partial charge >= 0.3 is 0 Å². The molecule has 2 aromatic rings. The molecule has 2 rings (SSSR count). The highest BCUT2D eigenvalue weighted by molar-refractivity contribution is 5.79. The Kier molecular flexibility index (Phi) is 7.35. The highest BCUT2D eigenvalue weighted by Gasteiger charge is 2.11. The van der Waals surface area contributed by atoms with E-state index in [4.69, 9.17) is 0 Å². The molecule has 1 unspecified atom stereocenters. The molecular formula is C19H23F2N3O. The zero-order valence-corrected chi connectivity index (χ0v) is 14.2. The number of rotatable bonds is 7. The van der Waals surface area contributed by atoms with Crippen molar-refractivity contribution in [1.82, 2.24) is 10.6 Å². The molecule has 0 radical (unpaired) electrons. The first-order chi connectivity index (χ1) is 12.1. The second kappa shape index (κ2) is 9.74. The number of guanidine groups is 1. The summed E-state index contributed by atoms with van der Waals surface area (Å²) in [6.45, 7) is 3.18. The zero-order valence-electron chi connectivity index (χ0n) is 14.2. The van der Waals surface area contributed by atoms with Crippen molar-refractivity contribution in [2.75, 3.05) is 19.6 Å². The predicted molar refractivity (Wildman–Crippen MR) is 95.4 cm³/mol. The molecule has 0 aromatic heterocycles. The summed E-state index contributed by atoms with van der Waals surface area (Å²) in [4.78, 5) is 4.28. The molecule has 25 heavy (non-hydrogen) atoms. The lowest BCUT2D eigenvalue weighted by atomic mass is 10.1. The van der Waals surface area contributed by atoms with Crippen molar-refractivity contribution in [1.29, 1.82) is 0 Å². The molecule has 0 aliphatic carbocycles. The molecule has 2 aromatic carbocycles. The SMILES string of the molecule is CCNC(=NCC(O)c1ccccc1F)NCCc1cccc(F)c1. The quantitative estimate of drug-likeness (QED) is 0.533. The molecule has 0 saturated carbocycles. The molecule has 6 heteroatoms. The Morgan fingerprint density at radius 1 is 1.12 bits per heavy atom. The minimum Gasteiger partial charge on any atom is -0.386 e. The molecule has 3 N–H and O–H groups in total. The summed E-state index contributed by atoms with van der Waals surface area (Å²) in [6, 6.07) is 12.5. The Balaban J connectivity index is 1.90. The fourth-order valence-corrected chi connectivity index (χ4v) is 2.38. The first-order valence-electron chi connectivity index (χ1n) is 8.29. The van der Waals surface area contributed by atoms with E-state index in [1.807, 2.05) is 13.0 Å². The van der Waals surface area contributed by atoms with Crippen molar-refractivity contribution in [3.05, 3.63) is 71.3 Å². The van der Waals surface area contributed by atoms with Crippen LogP contribution < -0.4 is 10.6 Å². The smallest absolute Gasteiger partial charge is 0.191 e. The lowest BCUT2D eigenvalue weighted by Crippen LogP contribution is -2.38. The molecule has 0 aliphatic rings. The molecule has 0 heterocycles. The number of halogens is 2. The van der Waals surface area contributed by atoms with E-state index >= 15 is 0 Å². The third kappa shape index (κ3) is 6.15. The van der Waals surface area contributed by atoms with Gasteiger partial charge in [-0.3, -0.25) is 4.99 Å². The summed E-state index contributed by atoms with van der Waals surface area (Å²) in [5.41, 5.74) is 1.11. The highest BCUT2D eigenvalue weighted by atomic mass is 19.1. The second-order valence-corrected chi connectivity index (χ2v) is 5.56.